The first-order chi connectivity index (χ1) is 13.7. The van der Waals surface area contributed by atoms with Gasteiger partial charge in [-0.05, 0) is 56.0 Å². The number of nitrogens with zero attached hydrogens (tertiary/aromatic N) is 2. The Balaban J connectivity index is 0.00000420. The highest BCUT2D eigenvalue weighted by atomic mass is 127. The first-order valence-electron chi connectivity index (χ1n) is 10.7. The van der Waals surface area contributed by atoms with E-state index in [9.17, 15) is 0 Å². The molecule has 1 aromatic rings. The molecule has 2 rings (SSSR count). The van der Waals surface area contributed by atoms with Gasteiger partial charge in [0.15, 0.2) is 5.96 Å². The molecule has 0 heterocycles. The smallest absolute Gasteiger partial charge is 0.191 e. The van der Waals surface area contributed by atoms with Crippen molar-refractivity contribution in [1.82, 2.24) is 15.5 Å². The summed E-state index contributed by atoms with van der Waals surface area (Å²) < 4.78 is 11.5. The predicted octanol–water partition coefficient (Wildman–Crippen LogP) is 3.51. The van der Waals surface area contributed by atoms with Crippen molar-refractivity contribution in [3.63, 3.8) is 0 Å². The summed E-state index contributed by atoms with van der Waals surface area (Å²) >= 11 is 0. The van der Waals surface area contributed by atoms with Gasteiger partial charge < -0.3 is 25.0 Å². The molecule has 1 aromatic carbocycles. The van der Waals surface area contributed by atoms with E-state index in [1.807, 2.05) is 12.1 Å². The number of halogens is 1. The van der Waals surface area contributed by atoms with Crippen molar-refractivity contribution in [2.24, 2.45) is 10.9 Å². The molecule has 1 aliphatic carbocycles. The Bertz CT molecular complexity index is 560. The maximum atomic E-state index is 5.84. The molecule has 0 amide bonds. The summed E-state index contributed by atoms with van der Waals surface area (Å²) in [6, 6.07) is 8.26. The Labute approximate surface area is 193 Å². The van der Waals surface area contributed by atoms with Gasteiger partial charge in [0.1, 0.15) is 12.4 Å². The van der Waals surface area contributed by atoms with Crippen molar-refractivity contribution in [1.29, 1.82) is 0 Å². The Morgan fingerprint density at radius 3 is 2.45 bits per heavy atom. The largest absolute Gasteiger partial charge is 0.492 e. The van der Waals surface area contributed by atoms with E-state index in [1.165, 1.54) is 18.4 Å². The molecule has 7 heteroatoms. The lowest BCUT2D eigenvalue weighted by molar-refractivity contribution is 0.123. The summed E-state index contributed by atoms with van der Waals surface area (Å²) in [6.07, 6.45) is 3.68. The number of guanidine groups is 1. The lowest BCUT2D eigenvalue weighted by Gasteiger charge is -2.18. The highest BCUT2D eigenvalue weighted by molar-refractivity contribution is 14.0. The standard InChI is InChI=1S/C22H38N4O2.HI/c1-4-26(5-2)14-16-28-21-11-9-19(10-12-21)17-25-22(23-3)24-13-6-15-27-18-20-7-8-20;/h9-12,20H,4-8,13-18H2,1-3H3,(H2,23,24,25);1H. The van der Waals surface area contributed by atoms with Crippen LogP contribution in [-0.2, 0) is 11.3 Å². The summed E-state index contributed by atoms with van der Waals surface area (Å²) in [5.41, 5.74) is 1.20. The second kappa shape index (κ2) is 15.7. The topological polar surface area (TPSA) is 58.1 Å². The third kappa shape index (κ3) is 11.6. The molecule has 0 spiro atoms. The number of hydrogen-bond acceptors (Lipinski definition) is 4. The highest BCUT2D eigenvalue weighted by Gasteiger charge is 2.20. The molecule has 1 saturated carbocycles. The molecular formula is C22H39IN4O2. The van der Waals surface area contributed by atoms with Gasteiger partial charge in [-0.3, -0.25) is 4.99 Å². The van der Waals surface area contributed by atoms with E-state index in [0.29, 0.717) is 0 Å². The molecule has 0 unspecified atom stereocenters. The normalized spacial score (nSPS) is 13.9. The molecule has 0 aromatic heterocycles. The monoisotopic (exact) mass is 518 g/mol. The molecular weight excluding hydrogens is 479 g/mol. The minimum Gasteiger partial charge on any atom is -0.492 e. The second-order valence-corrected chi connectivity index (χ2v) is 7.24. The Morgan fingerprint density at radius 1 is 1.10 bits per heavy atom. The summed E-state index contributed by atoms with van der Waals surface area (Å²) in [5.74, 6) is 2.58. The van der Waals surface area contributed by atoms with Gasteiger partial charge in [0.25, 0.3) is 0 Å². The average molecular weight is 518 g/mol. The molecule has 29 heavy (non-hydrogen) atoms. The average Bonchev–Trinajstić information content (AvgIpc) is 3.55. The van der Waals surface area contributed by atoms with Gasteiger partial charge in [-0.1, -0.05) is 26.0 Å². The van der Waals surface area contributed by atoms with Gasteiger partial charge in [0, 0.05) is 39.9 Å². The van der Waals surface area contributed by atoms with Gasteiger partial charge in [-0.2, -0.15) is 0 Å². The van der Waals surface area contributed by atoms with Crippen molar-refractivity contribution in [2.75, 3.05) is 53.0 Å². The van der Waals surface area contributed by atoms with E-state index < -0.39 is 0 Å². The number of hydrogen-bond donors (Lipinski definition) is 2. The van der Waals surface area contributed by atoms with E-state index in [-0.39, 0.29) is 24.0 Å². The molecule has 2 N–H and O–H groups in total. The first kappa shape index (κ1) is 26.0. The van der Waals surface area contributed by atoms with Crippen LogP contribution in [0.5, 0.6) is 5.75 Å². The third-order valence-electron chi connectivity index (χ3n) is 4.99. The van der Waals surface area contributed by atoms with Crippen LogP contribution in [0.4, 0.5) is 0 Å². The number of rotatable bonds is 14. The van der Waals surface area contributed by atoms with Crippen molar-refractivity contribution >= 4 is 29.9 Å². The molecule has 0 atom stereocenters. The van der Waals surface area contributed by atoms with Crippen LogP contribution in [0.3, 0.4) is 0 Å². The summed E-state index contributed by atoms with van der Waals surface area (Å²) in [5, 5.41) is 6.68. The predicted molar refractivity (Wildman–Crippen MR) is 132 cm³/mol. The Morgan fingerprint density at radius 2 is 1.83 bits per heavy atom. The number of likely N-dealkylation sites (N-methyl/N-ethyl adjacent to an activating group) is 1. The molecule has 1 fully saturated rings. The van der Waals surface area contributed by atoms with Gasteiger partial charge >= 0.3 is 0 Å². The van der Waals surface area contributed by atoms with Gasteiger partial charge in [0.05, 0.1) is 0 Å². The van der Waals surface area contributed by atoms with E-state index in [4.69, 9.17) is 9.47 Å². The molecule has 0 radical (unpaired) electrons. The van der Waals surface area contributed by atoms with Crippen LogP contribution in [0.15, 0.2) is 29.3 Å². The van der Waals surface area contributed by atoms with Crippen molar-refractivity contribution < 1.29 is 9.47 Å². The van der Waals surface area contributed by atoms with Crippen LogP contribution >= 0.6 is 24.0 Å². The van der Waals surface area contributed by atoms with Gasteiger partial charge in [-0.25, -0.2) is 0 Å². The fourth-order valence-electron chi connectivity index (χ4n) is 2.86. The van der Waals surface area contributed by atoms with E-state index >= 15 is 0 Å². The molecule has 1 aliphatic rings. The summed E-state index contributed by atoms with van der Waals surface area (Å²) in [7, 11) is 1.80. The van der Waals surface area contributed by atoms with Gasteiger partial charge in [0.2, 0.25) is 0 Å². The minimum absolute atomic E-state index is 0. The van der Waals surface area contributed by atoms with E-state index in [0.717, 1.165) is 76.6 Å². The third-order valence-corrected chi connectivity index (χ3v) is 4.99. The van der Waals surface area contributed by atoms with Gasteiger partial charge in [-0.15, -0.1) is 24.0 Å². The zero-order valence-electron chi connectivity index (χ0n) is 18.3. The van der Waals surface area contributed by atoms with E-state index in [1.54, 1.807) is 7.05 Å². The first-order valence-corrected chi connectivity index (χ1v) is 10.7. The maximum Gasteiger partial charge on any atom is 0.191 e. The van der Waals surface area contributed by atoms with E-state index in [2.05, 4.69) is 46.5 Å². The molecule has 6 nitrogen and oxygen atoms in total. The van der Waals surface area contributed by atoms with Crippen LogP contribution in [0.1, 0.15) is 38.7 Å². The minimum atomic E-state index is 0. The van der Waals surface area contributed by atoms with Crippen LogP contribution in [-0.4, -0.2) is 63.9 Å². The fraction of sp³-hybridized carbons (Fsp3) is 0.682. The molecule has 0 saturated heterocycles. The second-order valence-electron chi connectivity index (χ2n) is 7.24. The lowest BCUT2D eigenvalue weighted by Crippen LogP contribution is -2.37. The summed E-state index contributed by atoms with van der Waals surface area (Å²) in [4.78, 5) is 6.63. The van der Waals surface area contributed by atoms with Crippen molar-refractivity contribution in [3.8, 4) is 5.75 Å². The zero-order chi connectivity index (χ0) is 20.0. The van der Waals surface area contributed by atoms with Crippen molar-refractivity contribution in [3.05, 3.63) is 29.8 Å². The number of aliphatic imine (C=N–C) groups is 1. The SMILES string of the molecule is CCN(CC)CCOc1ccc(CNC(=NC)NCCCOCC2CC2)cc1.I. The summed E-state index contributed by atoms with van der Waals surface area (Å²) in [6.45, 7) is 11.5. The lowest BCUT2D eigenvalue weighted by atomic mass is 10.2. The van der Waals surface area contributed by atoms with Crippen LogP contribution < -0.4 is 15.4 Å². The molecule has 0 aliphatic heterocycles. The number of nitrogens with one attached hydrogen (secondary N) is 2. The maximum absolute atomic E-state index is 5.84. The fourth-order valence-corrected chi connectivity index (χ4v) is 2.86. The Hall–Kier alpha value is -1.06. The molecule has 166 valence electrons. The van der Waals surface area contributed by atoms with Crippen LogP contribution in [0, 0.1) is 5.92 Å². The Kier molecular flexibility index (Phi) is 14.1. The molecule has 0 bridgehead atoms. The number of ether oxygens (including phenoxy) is 2. The van der Waals surface area contributed by atoms with Crippen LogP contribution in [0.2, 0.25) is 0 Å². The van der Waals surface area contributed by atoms with Crippen LogP contribution in [0.25, 0.3) is 0 Å². The zero-order valence-corrected chi connectivity index (χ0v) is 20.6. The highest BCUT2D eigenvalue weighted by Crippen LogP contribution is 2.28. The van der Waals surface area contributed by atoms with Crippen molar-refractivity contribution in [2.45, 2.75) is 39.7 Å². The quantitative estimate of drug-likeness (QED) is 0.171. The number of benzene rings is 1.